The van der Waals surface area contributed by atoms with Gasteiger partial charge in [0.15, 0.2) is 0 Å². The molecule has 1 aromatic carbocycles. The van der Waals surface area contributed by atoms with Crippen LogP contribution in [0.2, 0.25) is 0 Å². The minimum Gasteiger partial charge on any atom is -0.491 e. The van der Waals surface area contributed by atoms with E-state index in [0.717, 1.165) is 5.46 Å². The van der Waals surface area contributed by atoms with Crippen molar-refractivity contribution in [2.75, 3.05) is 6.61 Å². The molecule has 0 amide bonds. The summed E-state index contributed by atoms with van der Waals surface area (Å²) in [5.41, 5.74) is -1.40. The van der Waals surface area contributed by atoms with Gasteiger partial charge >= 0.3 is 7.12 Å². The maximum atomic E-state index is 12.9. The van der Waals surface area contributed by atoms with Crippen molar-refractivity contribution in [3.05, 3.63) is 24.3 Å². The van der Waals surface area contributed by atoms with E-state index in [-0.39, 0.29) is 6.61 Å². The van der Waals surface area contributed by atoms with Crippen LogP contribution >= 0.6 is 0 Å². The largest absolute Gasteiger partial charge is 0.494 e. The first-order chi connectivity index (χ1) is 10.9. The first kappa shape index (κ1) is 17.6. The van der Waals surface area contributed by atoms with E-state index in [4.69, 9.17) is 14.0 Å². The average molecular weight is 340 g/mol. The Labute approximate surface area is 141 Å². The molecule has 1 saturated carbocycles. The predicted molar refractivity (Wildman–Crippen MR) is 86.8 cm³/mol. The summed E-state index contributed by atoms with van der Waals surface area (Å²) in [6, 6.07) is 7.08. The molecule has 0 bridgehead atoms. The molecule has 1 aliphatic heterocycles. The second kappa shape index (κ2) is 5.41. The number of ether oxygens (including phenoxy) is 1. The normalized spacial score (nSPS) is 26.0. The highest BCUT2D eigenvalue weighted by molar-refractivity contribution is 6.62. The van der Waals surface area contributed by atoms with E-state index in [9.17, 15) is 13.9 Å². The summed E-state index contributed by atoms with van der Waals surface area (Å²) >= 11 is 0. The molecule has 1 heterocycles. The van der Waals surface area contributed by atoms with Gasteiger partial charge < -0.3 is 19.2 Å². The van der Waals surface area contributed by atoms with Gasteiger partial charge in [0, 0.05) is 12.8 Å². The molecule has 3 rings (SSSR count). The molecule has 7 heteroatoms. The molecule has 24 heavy (non-hydrogen) atoms. The van der Waals surface area contributed by atoms with Gasteiger partial charge in [0.25, 0.3) is 5.92 Å². The van der Waals surface area contributed by atoms with Gasteiger partial charge in [0.2, 0.25) is 0 Å². The minimum absolute atomic E-state index is 0.140. The molecule has 0 aromatic heterocycles. The monoisotopic (exact) mass is 340 g/mol. The van der Waals surface area contributed by atoms with Crippen molar-refractivity contribution >= 4 is 12.6 Å². The molecule has 0 radical (unpaired) electrons. The third-order valence-electron chi connectivity index (χ3n) is 5.09. The molecule has 2 fully saturated rings. The fourth-order valence-corrected chi connectivity index (χ4v) is 2.93. The second-order valence-corrected chi connectivity index (χ2v) is 7.88. The van der Waals surface area contributed by atoms with Crippen LogP contribution in [0.25, 0.3) is 0 Å². The summed E-state index contributed by atoms with van der Waals surface area (Å²) in [4.78, 5) is 0. The van der Waals surface area contributed by atoms with Gasteiger partial charge in [-0.15, -0.1) is 0 Å². The fraction of sp³-hybridized carbons (Fsp3) is 0.647. The highest BCUT2D eigenvalue weighted by atomic mass is 19.3. The summed E-state index contributed by atoms with van der Waals surface area (Å²) in [6.45, 7) is 7.80. The first-order valence-corrected chi connectivity index (χ1v) is 8.10. The van der Waals surface area contributed by atoms with Crippen molar-refractivity contribution in [2.24, 2.45) is 0 Å². The summed E-state index contributed by atoms with van der Waals surface area (Å²) < 4.78 is 43.1. The zero-order valence-electron chi connectivity index (χ0n) is 14.4. The molecular formula is C17H23BF2O4. The number of benzene rings is 1. The van der Waals surface area contributed by atoms with Crippen molar-refractivity contribution in [1.29, 1.82) is 0 Å². The molecule has 4 nitrogen and oxygen atoms in total. The van der Waals surface area contributed by atoms with Crippen LogP contribution in [-0.2, 0) is 9.31 Å². The number of rotatable bonds is 4. The van der Waals surface area contributed by atoms with Gasteiger partial charge in [-0.05, 0) is 45.3 Å². The van der Waals surface area contributed by atoms with Crippen LogP contribution < -0.4 is 10.2 Å². The van der Waals surface area contributed by atoms with Crippen LogP contribution in [0.5, 0.6) is 5.75 Å². The lowest BCUT2D eigenvalue weighted by atomic mass is 9.77. The van der Waals surface area contributed by atoms with Crippen LogP contribution in [0.4, 0.5) is 8.78 Å². The average Bonchev–Trinajstić information content (AvgIpc) is 2.64. The lowest BCUT2D eigenvalue weighted by Crippen LogP contribution is -2.55. The number of hydrogen-bond donors (Lipinski definition) is 1. The van der Waals surface area contributed by atoms with E-state index in [2.05, 4.69) is 0 Å². The number of aliphatic hydroxyl groups is 1. The molecule has 1 saturated heterocycles. The molecule has 132 valence electrons. The van der Waals surface area contributed by atoms with Crippen LogP contribution in [-0.4, -0.2) is 41.6 Å². The van der Waals surface area contributed by atoms with E-state index < -0.39 is 42.7 Å². The Morgan fingerprint density at radius 1 is 1.04 bits per heavy atom. The topological polar surface area (TPSA) is 47.9 Å². The lowest BCUT2D eigenvalue weighted by Gasteiger charge is -2.42. The Morgan fingerprint density at radius 2 is 1.54 bits per heavy atom. The van der Waals surface area contributed by atoms with Gasteiger partial charge in [-0.25, -0.2) is 8.78 Å². The van der Waals surface area contributed by atoms with Crippen LogP contribution in [0.3, 0.4) is 0 Å². The van der Waals surface area contributed by atoms with Crippen molar-refractivity contribution in [3.63, 3.8) is 0 Å². The van der Waals surface area contributed by atoms with Crippen molar-refractivity contribution < 1.29 is 27.9 Å². The Kier molecular flexibility index (Phi) is 3.98. The standard InChI is InChI=1S/C17H23BF2O4/c1-14(2)15(3,4)24-18(23-14)12-5-7-13(8-6-12)22-11-16(21)9-17(19,20)10-16/h5-8,21H,9-11H2,1-4H3. The maximum absolute atomic E-state index is 12.9. The molecule has 0 unspecified atom stereocenters. The second-order valence-electron chi connectivity index (χ2n) is 7.88. The highest BCUT2D eigenvalue weighted by Gasteiger charge is 2.56. The maximum Gasteiger partial charge on any atom is 0.494 e. The molecule has 2 aliphatic rings. The molecule has 1 aromatic rings. The van der Waals surface area contributed by atoms with Crippen molar-refractivity contribution in [2.45, 2.75) is 63.3 Å². The smallest absolute Gasteiger partial charge is 0.491 e. The SMILES string of the molecule is CC1(C)OB(c2ccc(OCC3(O)CC(F)(F)C3)cc2)OC1(C)C. The predicted octanol–water partition coefficient (Wildman–Crippen LogP) is 2.52. The number of hydrogen-bond acceptors (Lipinski definition) is 4. The van der Waals surface area contributed by atoms with Gasteiger partial charge in [-0.1, -0.05) is 12.1 Å². The molecule has 1 aliphatic carbocycles. The van der Waals surface area contributed by atoms with Gasteiger partial charge in [0.1, 0.15) is 18.0 Å². The van der Waals surface area contributed by atoms with Crippen LogP contribution in [0.1, 0.15) is 40.5 Å². The third-order valence-corrected chi connectivity index (χ3v) is 5.09. The Bertz CT molecular complexity index is 592. The van der Waals surface area contributed by atoms with Crippen molar-refractivity contribution in [1.82, 2.24) is 0 Å². The van der Waals surface area contributed by atoms with Gasteiger partial charge in [-0.2, -0.15) is 0 Å². The van der Waals surface area contributed by atoms with E-state index in [1.165, 1.54) is 0 Å². The summed E-state index contributed by atoms with van der Waals surface area (Å²) in [7, 11) is -0.460. The van der Waals surface area contributed by atoms with Crippen LogP contribution in [0.15, 0.2) is 24.3 Å². The zero-order valence-corrected chi connectivity index (χ0v) is 14.4. The van der Waals surface area contributed by atoms with E-state index in [1.807, 2.05) is 39.8 Å². The summed E-state index contributed by atoms with van der Waals surface area (Å²) in [5.74, 6) is -2.27. The quantitative estimate of drug-likeness (QED) is 0.856. The lowest BCUT2D eigenvalue weighted by molar-refractivity contribution is -0.215. The van der Waals surface area contributed by atoms with Crippen molar-refractivity contribution in [3.8, 4) is 5.75 Å². The Balaban J connectivity index is 1.59. The number of halogens is 2. The Hall–Kier alpha value is -1.18. The van der Waals surface area contributed by atoms with E-state index in [1.54, 1.807) is 12.1 Å². The minimum atomic E-state index is -2.78. The van der Waals surface area contributed by atoms with Gasteiger partial charge in [-0.3, -0.25) is 0 Å². The summed E-state index contributed by atoms with van der Waals surface area (Å²) in [5, 5.41) is 9.90. The molecule has 0 spiro atoms. The molecular weight excluding hydrogens is 317 g/mol. The third kappa shape index (κ3) is 3.30. The van der Waals surface area contributed by atoms with Crippen LogP contribution in [0, 0.1) is 0 Å². The van der Waals surface area contributed by atoms with E-state index in [0.29, 0.717) is 5.75 Å². The first-order valence-electron chi connectivity index (χ1n) is 8.10. The fourth-order valence-electron chi connectivity index (χ4n) is 2.93. The number of alkyl halides is 2. The summed E-state index contributed by atoms with van der Waals surface area (Å²) in [6.07, 6.45) is -1.10. The zero-order chi connectivity index (χ0) is 17.8. The highest BCUT2D eigenvalue weighted by Crippen LogP contribution is 2.45. The molecule has 1 N–H and O–H groups in total. The Morgan fingerprint density at radius 3 is 2.00 bits per heavy atom. The van der Waals surface area contributed by atoms with E-state index >= 15 is 0 Å². The van der Waals surface area contributed by atoms with Gasteiger partial charge in [0.05, 0.1) is 11.2 Å². The molecule has 0 atom stereocenters.